The molecule has 4 rings (SSSR count). The lowest BCUT2D eigenvalue weighted by Gasteiger charge is -2.16. The second-order valence-corrected chi connectivity index (χ2v) is 7.50. The highest BCUT2D eigenvalue weighted by Crippen LogP contribution is 2.28. The van der Waals surface area contributed by atoms with Gasteiger partial charge in [-0.05, 0) is 42.7 Å². The number of benzene rings is 1. The molecule has 0 saturated carbocycles. The molecule has 1 aliphatic rings. The summed E-state index contributed by atoms with van der Waals surface area (Å²) in [4.78, 5) is 20.5. The first-order valence-corrected chi connectivity index (χ1v) is 9.84. The minimum Gasteiger partial charge on any atom is -0.457 e. The summed E-state index contributed by atoms with van der Waals surface area (Å²) >= 11 is 0. The molecule has 158 valence electrons. The molecule has 3 aromatic rings. The molecule has 0 unspecified atom stereocenters. The number of aliphatic hydroxyl groups excluding tert-OH is 1. The highest BCUT2D eigenvalue weighted by Gasteiger charge is 2.25. The van der Waals surface area contributed by atoms with Crippen molar-refractivity contribution in [2.45, 2.75) is 33.1 Å². The van der Waals surface area contributed by atoms with Crippen LogP contribution in [-0.2, 0) is 24.9 Å². The van der Waals surface area contributed by atoms with E-state index in [9.17, 15) is 9.90 Å². The minimum atomic E-state index is -0.739. The van der Waals surface area contributed by atoms with Crippen molar-refractivity contribution in [3.8, 4) is 17.6 Å². The van der Waals surface area contributed by atoms with Gasteiger partial charge in [0.2, 0.25) is 0 Å². The van der Waals surface area contributed by atoms with Crippen molar-refractivity contribution < 1.29 is 14.6 Å². The molecular weight excluding hydrogens is 396 g/mol. The first-order valence-electron chi connectivity index (χ1n) is 9.84. The van der Waals surface area contributed by atoms with Crippen LogP contribution in [0.3, 0.4) is 0 Å². The van der Waals surface area contributed by atoms with Gasteiger partial charge in [0.1, 0.15) is 24.2 Å². The largest absolute Gasteiger partial charge is 0.457 e. The second kappa shape index (κ2) is 8.26. The number of aromatic nitrogens is 4. The number of nitriles is 1. The summed E-state index contributed by atoms with van der Waals surface area (Å²) in [6.07, 6.45) is 0.781. The van der Waals surface area contributed by atoms with Gasteiger partial charge in [0.25, 0.3) is 0 Å². The van der Waals surface area contributed by atoms with Crippen LogP contribution >= 0.6 is 0 Å². The number of hydrogen-bond donors (Lipinski definition) is 2. The molecule has 9 nitrogen and oxygen atoms in total. The van der Waals surface area contributed by atoms with Crippen molar-refractivity contribution in [1.82, 2.24) is 25.1 Å². The lowest BCUT2D eigenvalue weighted by Crippen LogP contribution is -2.23. The molecule has 1 atom stereocenters. The Bertz CT molecular complexity index is 1210. The molecule has 0 fully saturated rings. The van der Waals surface area contributed by atoms with Crippen molar-refractivity contribution in [2.24, 2.45) is 7.05 Å². The monoisotopic (exact) mass is 418 g/mol. The number of nitrogens with one attached hydrogen (secondary N) is 1. The molecule has 2 N–H and O–H groups in total. The Morgan fingerprint density at radius 3 is 2.94 bits per heavy atom. The van der Waals surface area contributed by atoms with Crippen molar-refractivity contribution in [1.29, 1.82) is 5.26 Å². The van der Waals surface area contributed by atoms with Crippen LogP contribution in [0.1, 0.15) is 50.1 Å². The number of aryl methyl sites for hydroxylation is 2. The summed E-state index contributed by atoms with van der Waals surface area (Å²) in [5.74, 6) is 0.851. The number of esters is 1. The third-order valence-electron chi connectivity index (χ3n) is 5.50. The normalized spacial score (nSPS) is 13.6. The number of carbonyl (C=O) groups is 1. The predicted molar refractivity (Wildman–Crippen MR) is 111 cm³/mol. The maximum absolute atomic E-state index is 11.7. The van der Waals surface area contributed by atoms with Gasteiger partial charge in [0.15, 0.2) is 5.82 Å². The molecule has 0 bridgehead atoms. The van der Waals surface area contributed by atoms with Gasteiger partial charge >= 0.3 is 5.97 Å². The van der Waals surface area contributed by atoms with E-state index in [0.29, 0.717) is 41.6 Å². The fourth-order valence-corrected chi connectivity index (χ4v) is 3.63. The van der Waals surface area contributed by atoms with Crippen molar-refractivity contribution in [3.05, 3.63) is 63.6 Å². The number of carbonyl (C=O) groups excluding carboxylic acids is 1. The zero-order valence-electron chi connectivity index (χ0n) is 17.5. The molecule has 0 spiro atoms. The lowest BCUT2D eigenvalue weighted by atomic mass is 9.95. The summed E-state index contributed by atoms with van der Waals surface area (Å²) in [7, 11) is 1.79. The van der Waals surface area contributed by atoms with Gasteiger partial charge in [0, 0.05) is 25.4 Å². The van der Waals surface area contributed by atoms with Gasteiger partial charge in [-0.3, -0.25) is 9.67 Å². The Hall–Kier alpha value is -3.61. The van der Waals surface area contributed by atoms with Gasteiger partial charge in [-0.25, -0.2) is 9.78 Å². The molecule has 0 saturated heterocycles. The number of pyridine rings is 1. The van der Waals surface area contributed by atoms with Crippen molar-refractivity contribution >= 4 is 5.97 Å². The topological polar surface area (TPSA) is 126 Å². The van der Waals surface area contributed by atoms with E-state index >= 15 is 0 Å². The van der Waals surface area contributed by atoms with E-state index in [1.165, 1.54) is 6.20 Å². The summed E-state index contributed by atoms with van der Waals surface area (Å²) < 4.78 is 6.74. The van der Waals surface area contributed by atoms with E-state index in [1.54, 1.807) is 29.9 Å². The van der Waals surface area contributed by atoms with E-state index in [2.05, 4.69) is 26.5 Å². The lowest BCUT2D eigenvalue weighted by molar-refractivity contribution is 0.0535. The average Bonchev–Trinajstić information content (AvgIpc) is 3.31. The number of nitrogens with zero attached hydrogens (tertiary/aromatic N) is 5. The van der Waals surface area contributed by atoms with E-state index in [-0.39, 0.29) is 12.6 Å². The molecule has 9 heteroatoms. The van der Waals surface area contributed by atoms with Crippen LogP contribution in [0.2, 0.25) is 0 Å². The summed E-state index contributed by atoms with van der Waals surface area (Å²) in [6, 6.07) is 7.36. The maximum atomic E-state index is 11.7. The van der Waals surface area contributed by atoms with Crippen LogP contribution < -0.4 is 5.32 Å². The molecule has 0 amide bonds. The summed E-state index contributed by atoms with van der Waals surface area (Å²) in [5, 5.41) is 27.3. The maximum Gasteiger partial charge on any atom is 0.338 e. The van der Waals surface area contributed by atoms with Crippen LogP contribution in [0.4, 0.5) is 0 Å². The third-order valence-corrected chi connectivity index (χ3v) is 5.50. The standard InChI is InChI=1S/C22H22N6O3/c1-12-6-18(25-8-14(12)7-23)21-26-20(28(3)27-21)10-24-9-19(29)15-4-5-16-17(13(15)2)11-31-22(16)30/h4-6,8,19,24,29H,9-11H2,1-3H3/t19-/m0/s1. The number of cyclic esters (lactones) is 1. The molecule has 0 radical (unpaired) electrons. The van der Waals surface area contributed by atoms with Crippen LogP contribution in [-0.4, -0.2) is 37.4 Å². The van der Waals surface area contributed by atoms with Crippen molar-refractivity contribution in [3.63, 3.8) is 0 Å². The molecule has 1 aromatic carbocycles. The fourth-order valence-electron chi connectivity index (χ4n) is 3.63. The highest BCUT2D eigenvalue weighted by molar-refractivity contribution is 5.93. The Labute approximate surface area is 179 Å². The number of rotatable bonds is 6. The number of ether oxygens (including phenoxy) is 1. The number of aliphatic hydroxyl groups is 1. The van der Waals surface area contributed by atoms with Crippen molar-refractivity contribution in [2.75, 3.05) is 6.54 Å². The Morgan fingerprint density at radius 1 is 1.39 bits per heavy atom. The van der Waals surface area contributed by atoms with E-state index in [0.717, 1.165) is 22.3 Å². The zero-order valence-corrected chi connectivity index (χ0v) is 17.5. The molecule has 2 aromatic heterocycles. The number of fused-ring (bicyclic) bond motifs is 1. The smallest absolute Gasteiger partial charge is 0.338 e. The molecular formula is C22H22N6O3. The quantitative estimate of drug-likeness (QED) is 0.581. The molecule has 1 aliphatic heterocycles. The van der Waals surface area contributed by atoms with Gasteiger partial charge in [-0.1, -0.05) is 6.07 Å². The van der Waals surface area contributed by atoms with Gasteiger partial charge < -0.3 is 15.2 Å². The fraction of sp³-hybridized carbons (Fsp3) is 0.318. The van der Waals surface area contributed by atoms with Crippen LogP contribution in [0.15, 0.2) is 24.4 Å². The van der Waals surface area contributed by atoms with E-state index < -0.39 is 6.10 Å². The summed E-state index contributed by atoms with van der Waals surface area (Å²) in [6.45, 7) is 4.70. The van der Waals surface area contributed by atoms with Gasteiger partial charge in [-0.15, -0.1) is 5.10 Å². The Kier molecular flexibility index (Phi) is 5.50. The van der Waals surface area contributed by atoms with E-state index in [4.69, 9.17) is 10.00 Å². The Morgan fingerprint density at radius 2 is 2.19 bits per heavy atom. The predicted octanol–water partition coefficient (Wildman–Crippen LogP) is 1.86. The first-order chi connectivity index (χ1) is 14.9. The summed E-state index contributed by atoms with van der Waals surface area (Å²) in [5.41, 5.74) is 4.99. The zero-order chi connectivity index (χ0) is 22.1. The second-order valence-electron chi connectivity index (χ2n) is 7.50. The number of hydrogen-bond acceptors (Lipinski definition) is 8. The van der Waals surface area contributed by atoms with Crippen LogP contribution in [0, 0.1) is 25.2 Å². The average molecular weight is 418 g/mol. The van der Waals surface area contributed by atoms with Crippen LogP contribution in [0.25, 0.3) is 11.5 Å². The van der Waals surface area contributed by atoms with Gasteiger partial charge in [-0.2, -0.15) is 5.26 Å². The van der Waals surface area contributed by atoms with Gasteiger partial charge in [0.05, 0.1) is 23.8 Å². The van der Waals surface area contributed by atoms with Crippen LogP contribution in [0.5, 0.6) is 0 Å². The SMILES string of the molecule is Cc1cc(-c2nc(CNC[C@H](O)c3ccc4c(c3C)COC4=O)n(C)n2)ncc1C#N. The molecule has 31 heavy (non-hydrogen) atoms. The Balaban J connectivity index is 1.42. The third kappa shape index (κ3) is 3.91. The first kappa shape index (κ1) is 20.7. The van der Waals surface area contributed by atoms with E-state index in [1.807, 2.05) is 13.8 Å². The molecule has 0 aliphatic carbocycles. The molecule has 3 heterocycles. The highest BCUT2D eigenvalue weighted by atomic mass is 16.5. The minimum absolute atomic E-state index is 0.249.